The Hall–Kier alpha value is -1.58. The number of halogens is 3. The Balaban J connectivity index is 2.78. The molecule has 0 aliphatic heterocycles. The van der Waals surface area contributed by atoms with Gasteiger partial charge in [0.25, 0.3) is 0 Å². The van der Waals surface area contributed by atoms with Gasteiger partial charge in [0.2, 0.25) is 0 Å². The molecule has 1 aromatic rings. The predicted octanol–water partition coefficient (Wildman–Crippen LogP) is 3.30. The standard InChI is InChI=1S/C11H9F3O/c1-8-2-4-9(5-3-8)10(15)6-7-11(12,13)14/h2-7H,1H3. The molecule has 0 radical (unpaired) electrons. The fraction of sp³-hybridized carbons (Fsp3) is 0.182. The summed E-state index contributed by atoms with van der Waals surface area (Å²) >= 11 is 0. The van der Waals surface area contributed by atoms with E-state index in [-0.39, 0.29) is 11.6 Å². The number of benzene rings is 1. The average molecular weight is 214 g/mol. The molecule has 1 nitrogen and oxygen atoms in total. The highest BCUT2D eigenvalue weighted by molar-refractivity contribution is 6.04. The van der Waals surface area contributed by atoms with Crippen LogP contribution in [-0.2, 0) is 0 Å². The summed E-state index contributed by atoms with van der Waals surface area (Å²) in [5, 5.41) is 0. The molecule has 0 spiro atoms. The first-order valence-corrected chi connectivity index (χ1v) is 4.25. The molecular formula is C11H9F3O. The minimum absolute atomic E-state index is 0.0603. The van der Waals surface area contributed by atoms with E-state index in [1.165, 1.54) is 12.1 Å². The molecule has 0 aliphatic carbocycles. The van der Waals surface area contributed by atoms with E-state index in [4.69, 9.17) is 0 Å². The maximum Gasteiger partial charge on any atom is 0.409 e. The van der Waals surface area contributed by atoms with Crippen LogP contribution in [0, 0.1) is 6.92 Å². The molecule has 0 unspecified atom stereocenters. The highest BCUT2D eigenvalue weighted by atomic mass is 19.4. The van der Waals surface area contributed by atoms with Gasteiger partial charge < -0.3 is 0 Å². The summed E-state index contributed by atoms with van der Waals surface area (Å²) in [7, 11) is 0. The minimum Gasteiger partial charge on any atom is -0.289 e. The van der Waals surface area contributed by atoms with Crippen molar-refractivity contribution < 1.29 is 18.0 Å². The topological polar surface area (TPSA) is 17.1 Å². The third-order valence-corrected chi connectivity index (χ3v) is 1.76. The number of carbonyl (C=O) groups excluding carboxylic acids is 1. The van der Waals surface area contributed by atoms with E-state index in [2.05, 4.69) is 0 Å². The fourth-order valence-electron chi connectivity index (χ4n) is 0.984. The van der Waals surface area contributed by atoms with Gasteiger partial charge in [0.05, 0.1) is 0 Å². The molecule has 0 bridgehead atoms. The molecule has 80 valence electrons. The van der Waals surface area contributed by atoms with Crippen molar-refractivity contribution >= 4 is 5.78 Å². The number of rotatable bonds is 2. The number of hydrogen-bond donors (Lipinski definition) is 0. The Labute approximate surface area is 85.2 Å². The van der Waals surface area contributed by atoms with Gasteiger partial charge in [0, 0.05) is 11.6 Å². The zero-order valence-corrected chi connectivity index (χ0v) is 8.01. The summed E-state index contributed by atoms with van der Waals surface area (Å²) in [6.45, 7) is 1.83. The number of aryl methyl sites for hydroxylation is 1. The zero-order valence-electron chi connectivity index (χ0n) is 8.01. The molecule has 0 heterocycles. The Kier molecular flexibility index (Phi) is 3.29. The van der Waals surface area contributed by atoms with E-state index in [0.717, 1.165) is 5.56 Å². The molecule has 0 aliphatic rings. The molecule has 0 amide bonds. The third-order valence-electron chi connectivity index (χ3n) is 1.76. The molecule has 15 heavy (non-hydrogen) atoms. The van der Waals surface area contributed by atoms with Crippen LogP contribution in [0.1, 0.15) is 15.9 Å². The van der Waals surface area contributed by atoms with Crippen molar-refractivity contribution in [1.29, 1.82) is 0 Å². The van der Waals surface area contributed by atoms with Crippen molar-refractivity contribution in [3.05, 3.63) is 47.5 Å². The molecular weight excluding hydrogens is 205 g/mol. The van der Waals surface area contributed by atoms with Crippen molar-refractivity contribution in [3.8, 4) is 0 Å². The SMILES string of the molecule is Cc1ccc(C(=O)C=CC(F)(F)F)cc1. The Morgan fingerprint density at radius 1 is 1.20 bits per heavy atom. The van der Waals surface area contributed by atoms with Crippen LogP contribution in [0.3, 0.4) is 0 Å². The Bertz CT molecular complexity index is 374. The Morgan fingerprint density at radius 2 is 1.73 bits per heavy atom. The van der Waals surface area contributed by atoms with Crippen LogP contribution in [0.5, 0.6) is 0 Å². The van der Waals surface area contributed by atoms with E-state index in [1.54, 1.807) is 12.1 Å². The van der Waals surface area contributed by atoms with Gasteiger partial charge in [-0.25, -0.2) is 0 Å². The lowest BCUT2D eigenvalue weighted by Crippen LogP contribution is -2.03. The van der Waals surface area contributed by atoms with Crippen LogP contribution in [0.2, 0.25) is 0 Å². The molecule has 0 N–H and O–H groups in total. The number of allylic oxidation sites excluding steroid dienone is 2. The van der Waals surface area contributed by atoms with E-state index in [0.29, 0.717) is 6.08 Å². The summed E-state index contributed by atoms with van der Waals surface area (Å²) in [6.07, 6.45) is -3.97. The highest BCUT2D eigenvalue weighted by Crippen LogP contribution is 2.16. The van der Waals surface area contributed by atoms with Gasteiger partial charge in [-0.3, -0.25) is 4.79 Å². The largest absolute Gasteiger partial charge is 0.409 e. The van der Waals surface area contributed by atoms with Crippen LogP contribution in [0.15, 0.2) is 36.4 Å². The van der Waals surface area contributed by atoms with Gasteiger partial charge in [-0.15, -0.1) is 0 Å². The van der Waals surface area contributed by atoms with Gasteiger partial charge in [-0.2, -0.15) is 13.2 Å². The number of alkyl halides is 3. The van der Waals surface area contributed by atoms with E-state index >= 15 is 0 Å². The van der Waals surface area contributed by atoms with Gasteiger partial charge in [0.15, 0.2) is 5.78 Å². The first-order valence-electron chi connectivity index (χ1n) is 4.25. The second kappa shape index (κ2) is 4.29. The molecule has 0 atom stereocenters. The van der Waals surface area contributed by atoms with Gasteiger partial charge >= 0.3 is 6.18 Å². The molecule has 1 aromatic carbocycles. The Morgan fingerprint density at radius 3 is 2.20 bits per heavy atom. The molecule has 1 rings (SSSR count). The number of ketones is 1. The smallest absolute Gasteiger partial charge is 0.289 e. The number of carbonyl (C=O) groups is 1. The summed E-state index contributed by atoms with van der Waals surface area (Å²) in [4.78, 5) is 11.2. The van der Waals surface area contributed by atoms with Gasteiger partial charge in [-0.05, 0) is 13.0 Å². The molecule has 0 fully saturated rings. The first-order chi connectivity index (χ1) is 6.88. The third kappa shape index (κ3) is 3.97. The van der Waals surface area contributed by atoms with Crippen molar-refractivity contribution in [3.63, 3.8) is 0 Å². The van der Waals surface area contributed by atoms with Crippen LogP contribution in [0.25, 0.3) is 0 Å². The predicted molar refractivity (Wildman–Crippen MR) is 50.7 cm³/mol. The monoisotopic (exact) mass is 214 g/mol. The van der Waals surface area contributed by atoms with Crippen molar-refractivity contribution in [1.82, 2.24) is 0 Å². The maximum atomic E-state index is 11.8. The lowest BCUT2D eigenvalue weighted by Gasteiger charge is -1.98. The summed E-state index contributed by atoms with van der Waals surface area (Å²) in [5.74, 6) is -0.646. The lowest BCUT2D eigenvalue weighted by atomic mass is 10.1. The van der Waals surface area contributed by atoms with E-state index in [9.17, 15) is 18.0 Å². The van der Waals surface area contributed by atoms with Crippen molar-refractivity contribution in [2.75, 3.05) is 0 Å². The first kappa shape index (κ1) is 11.5. The van der Waals surface area contributed by atoms with Gasteiger partial charge in [-0.1, -0.05) is 29.8 Å². The number of hydrogen-bond acceptors (Lipinski definition) is 1. The average Bonchev–Trinajstić information content (AvgIpc) is 2.14. The maximum absolute atomic E-state index is 11.8. The summed E-state index contributed by atoms with van der Waals surface area (Å²) in [5.41, 5.74) is 1.20. The van der Waals surface area contributed by atoms with E-state index in [1.807, 2.05) is 6.92 Å². The highest BCUT2D eigenvalue weighted by Gasteiger charge is 2.22. The zero-order chi connectivity index (χ0) is 11.5. The van der Waals surface area contributed by atoms with E-state index < -0.39 is 12.0 Å². The minimum atomic E-state index is -4.44. The summed E-state index contributed by atoms with van der Waals surface area (Å²) in [6, 6.07) is 6.35. The van der Waals surface area contributed by atoms with Gasteiger partial charge in [0.1, 0.15) is 0 Å². The second-order valence-corrected chi connectivity index (χ2v) is 3.11. The van der Waals surface area contributed by atoms with Crippen molar-refractivity contribution in [2.45, 2.75) is 13.1 Å². The quantitative estimate of drug-likeness (QED) is 0.545. The normalized spacial score (nSPS) is 12.0. The molecule has 0 saturated carbocycles. The van der Waals surface area contributed by atoms with Crippen LogP contribution in [-0.4, -0.2) is 12.0 Å². The fourth-order valence-corrected chi connectivity index (χ4v) is 0.984. The summed E-state index contributed by atoms with van der Waals surface area (Å²) < 4.78 is 35.3. The lowest BCUT2D eigenvalue weighted by molar-refractivity contribution is -0.0799. The van der Waals surface area contributed by atoms with Crippen LogP contribution >= 0.6 is 0 Å². The van der Waals surface area contributed by atoms with Crippen LogP contribution < -0.4 is 0 Å². The molecule has 4 heteroatoms. The van der Waals surface area contributed by atoms with Crippen LogP contribution in [0.4, 0.5) is 13.2 Å². The molecule has 0 aromatic heterocycles. The second-order valence-electron chi connectivity index (χ2n) is 3.11. The molecule has 0 saturated heterocycles. The van der Waals surface area contributed by atoms with Crippen molar-refractivity contribution in [2.24, 2.45) is 0 Å².